The molecule has 0 bridgehead atoms. The summed E-state index contributed by atoms with van der Waals surface area (Å²) in [4.78, 5) is 24.1. The minimum absolute atomic E-state index is 0.103. The molecule has 104 valence electrons. The van der Waals surface area contributed by atoms with Crippen LogP contribution in [0.1, 0.15) is 20.8 Å². The van der Waals surface area contributed by atoms with Crippen LogP contribution in [0, 0.1) is 0 Å². The van der Waals surface area contributed by atoms with Crippen molar-refractivity contribution in [1.29, 1.82) is 0 Å². The van der Waals surface area contributed by atoms with E-state index in [1.54, 1.807) is 20.8 Å². The quantitative estimate of drug-likeness (QED) is 0.679. The Kier molecular flexibility index (Phi) is 4.18. The molecule has 7 heteroatoms. The fourth-order valence-electron chi connectivity index (χ4n) is 1.65. The molecule has 0 aromatic rings. The van der Waals surface area contributed by atoms with E-state index >= 15 is 0 Å². The van der Waals surface area contributed by atoms with Gasteiger partial charge in [-0.05, 0) is 20.8 Å². The molecule has 1 rings (SSSR count). The van der Waals surface area contributed by atoms with E-state index in [1.807, 2.05) is 0 Å². The lowest BCUT2D eigenvalue weighted by Gasteiger charge is -2.40. The van der Waals surface area contributed by atoms with Gasteiger partial charge in [0.15, 0.2) is 5.60 Å². The largest absolute Gasteiger partial charge is 0.465 e. The molecule has 1 heterocycles. The third kappa shape index (κ3) is 3.33. The molecule has 1 aliphatic rings. The number of rotatable bonds is 2. The van der Waals surface area contributed by atoms with Crippen molar-refractivity contribution in [1.82, 2.24) is 4.90 Å². The molecule has 1 fully saturated rings. The topological polar surface area (TPSA) is 102 Å². The SMILES string of the molecule is CC(C)(C)OC(=O)C1(CN)CN(C(=O)O)CCO1. The monoisotopic (exact) mass is 260 g/mol. The summed E-state index contributed by atoms with van der Waals surface area (Å²) in [5.74, 6) is -0.622. The summed E-state index contributed by atoms with van der Waals surface area (Å²) in [6.07, 6.45) is -1.10. The highest BCUT2D eigenvalue weighted by Crippen LogP contribution is 2.22. The van der Waals surface area contributed by atoms with E-state index in [1.165, 1.54) is 0 Å². The Balaban J connectivity index is 2.84. The average molecular weight is 260 g/mol. The predicted molar refractivity (Wildman–Crippen MR) is 63.2 cm³/mol. The van der Waals surface area contributed by atoms with Crippen molar-refractivity contribution in [3.05, 3.63) is 0 Å². The number of morpholine rings is 1. The van der Waals surface area contributed by atoms with Crippen LogP contribution in [0.25, 0.3) is 0 Å². The number of nitrogens with zero attached hydrogens (tertiary/aromatic N) is 1. The second kappa shape index (κ2) is 5.11. The van der Waals surface area contributed by atoms with E-state index in [-0.39, 0.29) is 26.2 Å². The lowest BCUT2D eigenvalue weighted by atomic mass is 10.0. The van der Waals surface area contributed by atoms with E-state index in [0.29, 0.717) is 0 Å². The third-order valence-electron chi connectivity index (χ3n) is 2.56. The van der Waals surface area contributed by atoms with Gasteiger partial charge in [0, 0.05) is 13.1 Å². The second-order valence-corrected chi connectivity index (χ2v) is 5.25. The van der Waals surface area contributed by atoms with Crippen LogP contribution >= 0.6 is 0 Å². The minimum Gasteiger partial charge on any atom is -0.465 e. The van der Waals surface area contributed by atoms with Gasteiger partial charge in [-0.25, -0.2) is 9.59 Å². The Morgan fingerprint density at radius 2 is 2.11 bits per heavy atom. The summed E-state index contributed by atoms with van der Waals surface area (Å²) in [5, 5.41) is 8.96. The fourth-order valence-corrected chi connectivity index (χ4v) is 1.65. The molecular formula is C11H20N2O5. The first-order chi connectivity index (χ1) is 8.20. The van der Waals surface area contributed by atoms with E-state index in [0.717, 1.165) is 4.90 Å². The maximum Gasteiger partial charge on any atom is 0.407 e. The molecule has 0 aromatic carbocycles. The van der Waals surface area contributed by atoms with E-state index in [2.05, 4.69) is 0 Å². The number of carbonyl (C=O) groups is 2. The smallest absolute Gasteiger partial charge is 0.407 e. The van der Waals surface area contributed by atoms with Gasteiger partial charge in [-0.1, -0.05) is 0 Å². The van der Waals surface area contributed by atoms with Crippen LogP contribution in [-0.2, 0) is 14.3 Å². The molecule has 1 unspecified atom stereocenters. The summed E-state index contributed by atoms with van der Waals surface area (Å²) in [6, 6.07) is 0. The first-order valence-corrected chi connectivity index (χ1v) is 5.75. The van der Waals surface area contributed by atoms with Gasteiger partial charge in [-0.15, -0.1) is 0 Å². The molecule has 0 saturated carbocycles. The van der Waals surface area contributed by atoms with Crippen molar-refractivity contribution in [3.63, 3.8) is 0 Å². The average Bonchev–Trinajstić information content (AvgIpc) is 2.26. The maximum absolute atomic E-state index is 12.1. The third-order valence-corrected chi connectivity index (χ3v) is 2.56. The summed E-state index contributed by atoms with van der Waals surface area (Å²) < 4.78 is 10.6. The number of esters is 1. The summed E-state index contributed by atoms with van der Waals surface area (Å²) in [6.45, 7) is 5.31. The first-order valence-electron chi connectivity index (χ1n) is 5.75. The van der Waals surface area contributed by atoms with E-state index < -0.39 is 23.3 Å². The van der Waals surface area contributed by atoms with Crippen LogP contribution in [0.3, 0.4) is 0 Å². The summed E-state index contributed by atoms with van der Waals surface area (Å²) in [7, 11) is 0. The van der Waals surface area contributed by atoms with Crippen LogP contribution in [-0.4, -0.2) is 59.5 Å². The second-order valence-electron chi connectivity index (χ2n) is 5.25. The van der Waals surface area contributed by atoms with Crippen LogP contribution in [0.4, 0.5) is 4.79 Å². The van der Waals surface area contributed by atoms with Crippen molar-refractivity contribution in [2.75, 3.05) is 26.2 Å². The molecule has 1 atom stereocenters. The molecular weight excluding hydrogens is 240 g/mol. The van der Waals surface area contributed by atoms with Gasteiger partial charge in [-0.3, -0.25) is 0 Å². The van der Waals surface area contributed by atoms with Gasteiger partial charge in [0.25, 0.3) is 0 Å². The zero-order valence-corrected chi connectivity index (χ0v) is 10.9. The summed E-state index contributed by atoms with van der Waals surface area (Å²) in [5.41, 5.74) is 3.50. The van der Waals surface area contributed by atoms with Crippen LogP contribution in [0.5, 0.6) is 0 Å². The number of hydrogen-bond donors (Lipinski definition) is 2. The Bertz CT molecular complexity index is 339. The molecule has 1 amide bonds. The molecule has 0 spiro atoms. The Morgan fingerprint density at radius 3 is 2.56 bits per heavy atom. The van der Waals surface area contributed by atoms with Gasteiger partial charge in [0.2, 0.25) is 0 Å². The number of nitrogens with two attached hydrogens (primary N) is 1. The summed E-state index contributed by atoms with van der Waals surface area (Å²) >= 11 is 0. The molecule has 0 aliphatic carbocycles. The molecule has 0 radical (unpaired) electrons. The lowest BCUT2D eigenvalue weighted by Crippen LogP contribution is -2.62. The number of ether oxygens (including phenoxy) is 2. The lowest BCUT2D eigenvalue weighted by molar-refractivity contribution is -0.191. The molecule has 1 aliphatic heterocycles. The fraction of sp³-hybridized carbons (Fsp3) is 0.818. The maximum atomic E-state index is 12.1. The Morgan fingerprint density at radius 1 is 1.50 bits per heavy atom. The van der Waals surface area contributed by atoms with Crippen molar-refractivity contribution < 1.29 is 24.2 Å². The number of carboxylic acid groups (broad SMARTS) is 1. The molecule has 7 nitrogen and oxygen atoms in total. The van der Waals surface area contributed by atoms with Gasteiger partial charge in [0.1, 0.15) is 5.60 Å². The van der Waals surface area contributed by atoms with Gasteiger partial charge < -0.3 is 25.2 Å². The zero-order valence-electron chi connectivity index (χ0n) is 10.9. The van der Waals surface area contributed by atoms with Crippen molar-refractivity contribution >= 4 is 12.1 Å². The van der Waals surface area contributed by atoms with Crippen molar-refractivity contribution in [2.45, 2.75) is 32.0 Å². The normalized spacial score (nSPS) is 24.8. The number of carbonyl (C=O) groups excluding carboxylic acids is 1. The van der Waals surface area contributed by atoms with Gasteiger partial charge in [0.05, 0.1) is 13.2 Å². The van der Waals surface area contributed by atoms with Crippen molar-refractivity contribution in [3.8, 4) is 0 Å². The highest BCUT2D eigenvalue weighted by molar-refractivity contribution is 5.82. The van der Waals surface area contributed by atoms with Crippen LogP contribution in [0.15, 0.2) is 0 Å². The van der Waals surface area contributed by atoms with Gasteiger partial charge in [-0.2, -0.15) is 0 Å². The Hall–Kier alpha value is -1.34. The molecule has 1 saturated heterocycles. The number of hydrogen-bond acceptors (Lipinski definition) is 5. The van der Waals surface area contributed by atoms with Crippen molar-refractivity contribution in [2.24, 2.45) is 5.73 Å². The Labute approximate surface area is 106 Å². The minimum atomic E-state index is -1.40. The molecule has 18 heavy (non-hydrogen) atoms. The van der Waals surface area contributed by atoms with Crippen LogP contribution < -0.4 is 5.73 Å². The first kappa shape index (κ1) is 14.7. The number of amides is 1. The van der Waals surface area contributed by atoms with Gasteiger partial charge >= 0.3 is 12.1 Å². The molecule has 3 N–H and O–H groups in total. The van der Waals surface area contributed by atoms with Crippen LogP contribution in [0.2, 0.25) is 0 Å². The standard InChI is InChI=1S/C11H20N2O5/c1-10(2,3)18-8(14)11(6-12)7-13(9(15)16)4-5-17-11/h4-7,12H2,1-3H3,(H,15,16). The molecule has 0 aromatic heterocycles. The highest BCUT2D eigenvalue weighted by atomic mass is 16.6. The van der Waals surface area contributed by atoms with E-state index in [4.69, 9.17) is 20.3 Å². The predicted octanol–water partition coefficient (Wildman–Crippen LogP) is 0.0358. The van der Waals surface area contributed by atoms with E-state index in [9.17, 15) is 9.59 Å². The highest BCUT2D eigenvalue weighted by Gasteiger charge is 2.46. The zero-order chi connectivity index (χ0) is 14.0.